The van der Waals surface area contributed by atoms with Gasteiger partial charge in [0.1, 0.15) is 5.82 Å². The lowest BCUT2D eigenvalue weighted by atomic mass is 9.93. The molecule has 1 N–H and O–H groups in total. The normalized spacial score (nSPS) is 12.4. The van der Waals surface area contributed by atoms with Crippen LogP contribution in [0, 0.1) is 5.41 Å². The number of nitrogens with one attached hydrogen (secondary N) is 1. The highest BCUT2D eigenvalue weighted by Gasteiger charge is 2.18. The van der Waals surface area contributed by atoms with Crippen molar-refractivity contribution in [2.45, 2.75) is 33.9 Å². The van der Waals surface area contributed by atoms with Gasteiger partial charge < -0.3 is 14.8 Å². The van der Waals surface area contributed by atoms with Crippen LogP contribution in [0.1, 0.15) is 26.6 Å². The molecule has 0 amide bonds. The quantitative estimate of drug-likeness (QED) is 0.783. The molecule has 1 aromatic rings. The summed E-state index contributed by atoms with van der Waals surface area (Å²) in [6, 6.07) is 0. The predicted molar refractivity (Wildman–Crippen MR) is 71.9 cm³/mol. The van der Waals surface area contributed by atoms with E-state index in [-0.39, 0.29) is 5.41 Å². The van der Waals surface area contributed by atoms with Crippen molar-refractivity contribution in [1.29, 1.82) is 0 Å². The summed E-state index contributed by atoms with van der Waals surface area (Å²) in [6.07, 6.45) is 3.90. The summed E-state index contributed by atoms with van der Waals surface area (Å²) in [6.45, 7) is 10.6. The summed E-state index contributed by atoms with van der Waals surface area (Å²) in [5.74, 6) is 1.12. The number of nitrogens with zero attached hydrogens (tertiary/aromatic N) is 3. The second kappa shape index (κ2) is 6.17. The van der Waals surface area contributed by atoms with E-state index < -0.39 is 0 Å². The summed E-state index contributed by atoms with van der Waals surface area (Å²) < 4.78 is 2.17. The third-order valence-corrected chi connectivity index (χ3v) is 2.77. The van der Waals surface area contributed by atoms with Gasteiger partial charge in [-0.15, -0.1) is 0 Å². The Kier molecular flexibility index (Phi) is 5.15. The number of hydrogen-bond donors (Lipinski definition) is 1. The van der Waals surface area contributed by atoms with E-state index in [4.69, 9.17) is 0 Å². The lowest BCUT2D eigenvalue weighted by Crippen LogP contribution is -2.37. The van der Waals surface area contributed by atoms with Gasteiger partial charge in [-0.25, -0.2) is 4.98 Å². The van der Waals surface area contributed by atoms with Crippen LogP contribution in [-0.2, 0) is 13.1 Å². The van der Waals surface area contributed by atoms with Crippen molar-refractivity contribution in [2.75, 3.05) is 27.2 Å². The largest absolute Gasteiger partial charge is 0.334 e. The fourth-order valence-electron chi connectivity index (χ4n) is 2.22. The summed E-state index contributed by atoms with van der Waals surface area (Å²) in [5.41, 5.74) is 0.285. The predicted octanol–water partition coefficient (Wildman–Crippen LogP) is 1.58. The van der Waals surface area contributed by atoms with Crippen LogP contribution in [0.25, 0.3) is 0 Å². The van der Waals surface area contributed by atoms with E-state index in [1.807, 2.05) is 12.4 Å². The third-order valence-electron chi connectivity index (χ3n) is 2.77. The molecule has 0 bridgehead atoms. The maximum Gasteiger partial charge on any atom is 0.122 e. The zero-order chi connectivity index (χ0) is 12.9. The van der Waals surface area contributed by atoms with Crippen molar-refractivity contribution >= 4 is 0 Å². The molecule has 1 aromatic heterocycles. The van der Waals surface area contributed by atoms with Crippen molar-refractivity contribution in [2.24, 2.45) is 5.41 Å². The number of imidazole rings is 1. The van der Waals surface area contributed by atoms with Gasteiger partial charge in [0.25, 0.3) is 0 Å². The van der Waals surface area contributed by atoms with Crippen LogP contribution in [0.15, 0.2) is 12.4 Å². The Bertz CT molecular complexity index is 328. The second-order valence-electron chi connectivity index (χ2n) is 5.64. The SMILES string of the molecule is CCn1ccnc1CNCC(C)(C)CN(C)C. The molecular formula is C13H26N4. The van der Waals surface area contributed by atoms with Crippen molar-refractivity contribution < 1.29 is 0 Å². The van der Waals surface area contributed by atoms with Crippen LogP contribution in [0.3, 0.4) is 0 Å². The summed E-state index contributed by atoms with van der Waals surface area (Å²) in [4.78, 5) is 6.59. The van der Waals surface area contributed by atoms with E-state index in [2.05, 4.69) is 54.6 Å². The molecule has 0 radical (unpaired) electrons. The molecule has 0 aliphatic heterocycles. The molecule has 0 saturated heterocycles. The molecule has 0 aliphatic carbocycles. The molecule has 4 nitrogen and oxygen atoms in total. The molecule has 0 saturated carbocycles. The van der Waals surface area contributed by atoms with Crippen LogP contribution in [-0.4, -0.2) is 41.6 Å². The van der Waals surface area contributed by atoms with Crippen molar-refractivity contribution in [3.8, 4) is 0 Å². The molecule has 0 spiro atoms. The van der Waals surface area contributed by atoms with E-state index in [1.54, 1.807) is 0 Å². The maximum absolute atomic E-state index is 4.36. The van der Waals surface area contributed by atoms with Crippen molar-refractivity contribution in [1.82, 2.24) is 19.8 Å². The molecule has 0 aromatic carbocycles. The van der Waals surface area contributed by atoms with E-state index >= 15 is 0 Å². The highest BCUT2D eigenvalue weighted by molar-refractivity contribution is 4.92. The van der Waals surface area contributed by atoms with Crippen LogP contribution >= 0.6 is 0 Å². The minimum atomic E-state index is 0.285. The Balaban J connectivity index is 2.37. The number of rotatable bonds is 7. The first-order valence-electron chi connectivity index (χ1n) is 6.30. The summed E-state index contributed by atoms with van der Waals surface area (Å²) in [5, 5.41) is 3.50. The van der Waals surface area contributed by atoms with Gasteiger partial charge in [0.15, 0.2) is 0 Å². The second-order valence-corrected chi connectivity index (χ2v) is 5.64. The first kappa shape index (κ1) is 14.2. The minimum absolute atomic E-state index is 0.285. The van der Waals surface area contributed by atoms with Gasteiger partial charge in [0, 0.05) is 32.0 Å². The van der Waals surface area contributed by atoms with Gasteiger partial charge in [-0.1, -0.05) is 13.8 Å². The zero-order valence-corrected chi connectivity index (χ0v) is 11.8. The molecule has 1 rings (SSSR count). The summed E-state index contributed by atoms with van der Waals surface area (Å²) in [7, 11) is 4.23. The van der Waals surface area contributed by atoms with Gasteiger partial charge in [0.2, 0.25) is 0 Å². The average Bonchev–Trinajstić information content (AvgIpc) is 2.62. The lowest BCUT2D eigenvalue weighted by molar-refractivity contribution is 0.231. The first-order valence-corrected chi connectivity index (χ1v) is 6.30. The number of aryl methyl sites for hydroxylation is 1. The van der Waals surface area contributed by atoms with E-state index in [0.717, 1.165) is 32.0 Å². The minimum Gasteiger partial charge on any atom is -0.334 e. The molecule has 0 aliphatic rings. The fourth-order valence-corrected chi connectivity index (χ4v) is 2.22. The third kappa shape index (κ3) is 4.88. The average molecular weight is 238 g/mol. The van der Waals surface area contributed by atoms with Gasteiger partial charge in [-0.3, -0.25) is 0 Å². The molecule has 0 fully saturated rings. The lowest BCUT2D eigenvalue weighted by Gasteiger charge is -2.28. The number of aromatic nitrogens is 2. The Morgan fingerprint density at radius 2 is 2.12 bits per heavy atom. The van der Waals surface area contributed by atoms with E-state index in [0.29, 0.717) is 0 Å². The molecule has 1 heterocycles. The Labute approximate surface area is 105 Å². The van der Waals surface area contributed by atoms with Crippen molar-refractivity contribution in [3.63, 3.8) is 0 Å². The fraction of sp³-hybridized carbons (Fsp3) is 0.769. The monoisotopic (exact) mass is 238 g/mol. The highest BCUT2D eigenvalue weighted by Crippen LogP contribution is 2.14. The summed E-state index contributed by atoms with van der Waals surface area (Å²) >= 11 is 0. The van der Waals surface area contributed by atoms with Crippen LogP contribution in [0.5, 0.6) is 0 Å². The van der Waals surface area contributed by atoms with Gasteiger partial charge >= 0.3 is 0 Å². The molecule has 0 unspecified atom stereocenters. The maximum atomic E-state index is 4.36. The molecule has 98 valence electrons. The molecule has 17 heavy (non-hydrogen) atoms. The first-order chi connectivity index (χ1) is 7.94. The topological polar surface area (TPSA) is 33.1 Å². The smallest absolute Gasteiger partial charge is 0.122 e. The molecule has 0 atom stereocenters. The van der Waals surface area contributed by atoms with Crippen molar-refractivity contribution in [3.05, 3.63) is 18.2 Å². The van der Waals surface area contributed by atoms with Crippen LogP contribution in [0.2, 0.25) is 0 Å². The molecule has 4 heteroatoms. The number of hydrogen-bond acceptors (Lipinski definition) is 3. The van der Waals surface area contributed by atoms with Gasteiger partial charge in [-0.05, 0) is 26.4 Å². The van der Waals surface area contributed by atoms with Crippen LogP contribution < -0.4 is 5.32 Å². The zero-order valence-electron chi connectivity index (χ0n) is 11.8. The van der Waals surface area contributed by atoms with Gasteiger partial charge in [-0.2, -0.15) is 0 Å². The Morgan fingerprint density at radius 1 is 1.41 bits per heavy atom. The van der Waals surface area contributed by atoms with E-state index in [9.17, 15) is 0 Å². The molecular weight excluding hydrogens is 212 g/mol. The van der Waals surface area contributed by atoms with Crippen LogP contribution in [0.4, 0.5) is 0 Å². The van der Waals surface area contributed by atoms with E-state index in [1.165, 1.54) is 0 Å². The Hall–Kier alpha value is -0.870. The Morgan fingerprint density at radius 3 is 2.71 bits per heavy atom. The standard InChI is InChI=1S/C13H26N4/c1-6-17-8-7-15-12(17)9-14-10-13(2,3)11-16(4)5/h7-8,14H,6,9-11H2,1-5H3. The highest BCUT2D eigenvalue weighted by atomic mass is 15.1. The van der Waals surface area contributed by atoms with Gasteiger partial charge in [0.05, 0.1) is 6.54 Å².